The lowest BCUT2D eigenvalue weighted by atomic mass is 9.86. The van der Waals surface area contributed by atoms with Gasteiger partial charge in [0.2, 0.25) is 0 Å². The van der Waals surface area contributed by atoms with Crippen LogP contribution in [-0.4, -0.2) is 36.2 Å². The predicted molar refractivity (Wildman–Crippen MR) is 90.4 cm³/mol. The molecule has 0 saturated carbocycles. The van der Waals surface area contributed by atoms with Crippen LogP contribution in [0.2, 0.25) is 0 Å². The van der Waals surface area contributed by atoms with Crippen LogP contribution in [0.15, 0.2) is 35.5 Å². The maximum absolute atomic E-state index is 12.0. The van der Waals surface area contributed by atoms with E-state index in [1.165, 1.54) is 13.8 Å². The summed E-state index contributed by atoms with van der Waals surface area (Å²) in [6, 6.07) is 0. The van der Waals surface area contributed by atoms with E-state index in [1.54, 1.807) is 6.08 Å². The van der Waals surface area contributed by atoms with E-state index in [2.05, 4.69) is 6.58 Å². The summed E-state index contributed by atoms with van der Waals surface area (Å²) < 4.78 is 16.2. The molecule has 0 radical (unpaired) electrons. The van der Waals surface area contributed by atoms with Gasteiger partial charge in [0.15, 0.2) is 0 Å². The fourth-order valence-electron chi connectivity index (χ4n) is 3.13. The summed E-state index contributed by atoms with van der Waals surface area (Å²) in [5.74, 6) is -1.54. The van der Waals surface area contributed by atoms with Crippen molar-refractivity contribution in [2.24, 2.45) is 5.92 Å². The molecule has 0 bridgehead atoms. The van der Waals surface area contributed by atoms with Crippen molar-refractivity contribution in [3.8, 4) is 0 Å². The Hall–Kier alpha value is -2.37. The van der Waals surface area contributed by atoms with E-state index in [0.717, 1.165) is 11.1 Å². The monoisotopic (exact) mass is 348 g/mol. The second-order valence-corrected chi connectivity index (χ2v) is 6.53. The molecule has 0 aromatic carbocycles. The van der Waals surface area contributed by atoms with E-state index in [9.17, 15) is 14.4 Å². The number of ether oxygens (including phenoxy) is 3. The Morgan fingerprint density at radius 2 is 1.72 bits per heavy atom. The normalized spacial score (nSPS) is 33.9. The van der Waals surface area contributed by atoms with Crippen LogP contribution in [0.4, 0.5) is 0 Å². The largest absolute Gasteiger partial charge is 0.458 e. The molecule has 0 N–H and O–H groups in total. The Morgan fingerprint density at radius 1 is 1.12 bits per heavy atom. The van der Waals surface area contributed by atoms with Crippen molar-refractivity contribution in [3.63, 3.8) is 0 Å². The van der Waals surface area contributed by atoms with Gasteiger partial charge in [-0.25, -0.2) is 4.79 Å². The third-order valence-electron chi connectivity index (χ3n) is 4.53. The molecule has 0 aromatic heterocycles. The molecule has 0 unspecified atom stereocenters. The first-order valence-electron chi connectivity index (χ1n) is 8.28. The highest BCUT2D eigenvalue weighted by molar-refractivity contribution is 5.91. The van der Waals surface area contributed by atoms with Crippen molar-refractivity contribution in [2.45, 2.75) is 58.8 Å². The van der Waals surface area contributed by atoms with Gasteiger partial charge in [-0.1, -0.05) is 12.7 Å². The second kappa shape index (κ2) is 7.68. The van der Waals surface area contributed by atoms with Crippen LogP contribution in [0.25, 0.3) is 0 Å². The summed E-state index contributed by atoms with van der Waals surface area (Å²) >= 11 is 0. The lowest BCUT2D eigenvalue weighted by Gasteiger charge is -2.26. The summed E-state index contributed by atoms with van der Waals surface area (Å²) in [4.78, 5) is 34.8. The molecule has 136 valence electrons. The lowest BCUT2D eigenvalue weighted by molar-refractivity contribution is -0.145. The molecule has 6 nitrogen and oxygen atoms in total. The van der Waals surface area contributed by atoms with E-state index >= 15 is 0 Å². The summed E-state index contributed by atoms with van der Waals surface area (Å²) in [5.41, 5.74) is 2.01. The molecule has 4 atom stereocenters. The van der Waals surface area contributed by atoms with Gasteiger partial charge in [-0.2, -0.15) is 0 Å². The quantitative estimate of drug-likeness (QED) is 0.330. The van der Waals surface area contributed by atoms with Gasteiger partial charge in [0.05, 0.1) is 0 Å². The van der Waals surface area contributed by atoms with E-state index < -0.39 is 30.3 Å². The first-order chi connectivity index (χ1) is 11.7. The zero-order valence-electron chi connectivity index (χ0n) is 15.0. The van der Waals surface area contributed by atoms with Gasteiger partial charge in [0, 0.05) is 31.8 Å². The van der Waals surface area contributed by atoms with Gasteiger partial charge < -0.3 is 14.2 Å². The minimum atomic E-state index is -0.512. The minimum Gasteiger partial charge on any atom is -0.458 e. The standard InChI is InChI=1S/C19H24O6/c1-10-6-7-16(23-13(4)20)11(2)8-18-15(12(3)19(22)25-18)9-17(10)24-14(5)21/h6,8,15-18H,3,7,9H2,1-2,4-5H3/b10-6+,11-8+/t15-,16-,17+,18+/m0/s1. The molecule has 0 spiro atoms. The summed E-state index contributed by atoms with van der Waals surface area (Å²) in [5, 5.41) is 0. The second-order valence-electron chi connectivity index (χ2n) is 6.53. The van der Waals surface area contributed by atoms with E-state index in [4.69, 9.17) is 14.2 Å². The molecule has 0 amide bonds. The number of hydrogen-bond acceptors (Lipinski definition) is 6. The highest BCUT2D eigenvalue weighted by Gasteiger charge is 2.40. The zero-order chi connectivity index (χ0) is 18.7. The van der Waals surface area contributed by atoms with Crippen LogP contribution in [-0.2, 0) is 28.6 Å². The third kappa shape index (κ3) is 4.59. The molecule has 1 aliphatic heterocycles. The number of carbonyl (C=O) groups excluding carboxylic acids is 3. The number of esters is 3. The average molecular weight is 348 g/mol. The van der Waals surface area contributed by atoms with Crippen molar-refractivity contribution in [3.05, 3.63) is 35.5 Å². The van der Waals surface area contributed by atoms with Gasteiger partial charge in [0.25, 0.3) is 0 Å². The van der Waals surface area contributed by atoms with Gasteiger partial charge in [-0.05, 0) is 37.5 Å². The number of hydrogen-bond donors (Lipinski definition) is 0. The Morgan fingerprint density at radius 3 is 2.32 bits per heavy atom. The molecule has 1 saturated heterocycles. The van der Waals surface area contributed by atoms with Crippen molar-refractivity contribution >= 4 is 17.9 Å². The van der Waals surface area contributed by atoms with Gasteiger partial charge >= 0.3 is 17.9 Å². The molecule has 2 aliphatic rings. The van der Waals surface area contributed by atoms with Crippen LogP contribution < -0.4 is 0 Å². The summed E-state index contributed by atoms with van der Waals surface area (Å²) in [7, 11) is 0. The van der Waals surface area contributed by atoms with E-state index in [-0.39, 0.29) is 11.9 Å². The van der Waals surface area contributed by atoms with Crippen LogP contribution in [0.5, 0.6) is 0 Å². The molecule has 0 aromatic rings. The predicted octanol–water partition coefficient (Wildman–Crippen LogP) is 2.63. The van der Waals surface area contributed by atoms with Crippen molar-refractivity contribution in [1.29, 1.82) is 0 Å². The Bertz CT molecular complexity index is 657. The topological polar surface area (TPSA) is 78.9 Å². The van der Waals surface area contributed by atoms with Gasteiger partial charge in [-0.15, -0.1) is 0 Å². The molecule has 6 heteroatoms. The molecular formula is C19H24O6. The van der Waals surface area contributed by atoms with Crippen LogP contribution in [0, 0.1) is 5.92 Å². The van der Waals surface area contributed by atoms with Crippen molar-refractivity contribution in [2.75, 3.05) is 0 Å². The third-order valence-corrected chi connectivity index (χ3v) is 4.53. The zero-order valence-corrected chi connectivity index (χ0v) is 15.0. The Balaban J connectivity index is 2.41. The van der Waals surface area contributed by atoms with Crippen LogP contribution >= 0.6 is 0 Å². The molecule has 1 aliphatic carbocycles. The average Bonchev–Trinajstić information content (AvgIpc) is 2.76. The van der Waals surface area contributed by atoms with E-state index in [1.807, 2.05) is 19.9 Å². The first kappa shape index (κ1) is 19.0. The highest BCUT2D eigenvalue weighted by Crippen LogP contribution is 2.35. The van der Waals surface area contributed by atoms with Crippen molar-refractivity contribution < 1.29 is 28.6 Å². The molecular weight excluding hydrogens is 324 g/mol. The van der Waals surface area contributed by atoms with Crippen LogP contribution in [0.1, 0.15) is 40.5 Å². The summed E-state index contributed by atoms with van der Waals surface area (Å²) in [6.07, 6.45) is 3.11. The highest BCUT2D eigenvalue weighted by atomic mass is 16.6. The fourth-order valence-corrected chi connectivity index (χ4v) is 3.13. The minimum absolute atomic E-state index is 0.300. The SMILES string of the molecule is C=C1C(=O)O[C@@H]2/C=C(\C)[C@@H](OC(C)=O)C/C=C(\C)[C@H](OC(C)=O)C[C@@H]12. The van der Waals surface area contributed by atoms with Gasteiger partial charge in [0.1, 0.15) is 18.3 Å². The number of fused-ring (bicyclic) bond motifs is 1. The molecule has 1 heterocycles. The molecule has 25 heavy (non-hydrogen) atoms. The molecule has 1 fully saturated rings. The lowest BCUT2D eigenvalue weighted by Crippen LogP contribution is -2.28. The Labute approximate surface area is 147 Å². The summed E-state index contributed by atoms with van der Waals surface area (Å²) in [6.45, 7) is 10.2. The maximum atomic E-state index is 12.0. The smallest absolute Gasteiger partial charge is 0.334 e. The van der Waals surface area contributed by atoms with E-state index in [0.29, 0.717) is 18.4 Å². The van der Waals surface area contributed by atoms with Crippen molar-refractivity contribution in [1.82, 2.24) is 0 Å². The number of carbonyl (C=O) groups is 3. The fraction of sp³-hybridized carbons (Fsp3) is 0.526. The number of rotatable bonds is 2. The Kier molecular flexibility index (Phi) is 5.82. The maximum Gasteiger partial charge on any atom is 0.334 e. The van der Waals surface area contributed by atoms with Gasteiger partial charge in [-0.3, -0.25) is 9.59 Å². The van der Waals surface area contributed by atoms with Crippen LogP contribution in [0.3, 0.4) is 0 Å². The molecule has 2 rings (SSSR count). The first-order valence-corrected chi connectivity index (χ1v) is 8.28.